The Morgan fingerprint density at radius 2 is 1.89 bits per heavy atom. The van der Waals surface area contributed by atoms with E-state index in [-0.39, 0.29) is 24.7 Å². The Morgan fingerprint density at radius 3 is 2.41 bits per heavy atom. The highest BCUT2D eigenvalue weighted by molar-refractivity contribution is 7.52. The van der Waals surface area contributed by atoms with Crippen molar-refractivity contribution in [1.29, 1.82) is 0 Å². The van der Waals surface area contributed by atoms with Crippen LogP contribution in [0.5, 0.6) is 0 Å². The van der Waals surface area contributed by atoms with Gasteiger partial charge in [0, 0.05) is 6.42 Å². The average molecular weight is 398 g/mol. The lowest BCUT2D eigenvalue weighted by Crippen LogP contribution is -2.50. The number of nitrogens with one attached hydrogen (secondary N) is 2. The van der Waals surface area contributed by atoms with Crippen molar-refractivity contribution in [2.45, 2.75) is 51.0 Å². The van der Waals surface area contributed by atoms with Crippen LogP contribution < -0.4 is 10.6 Å². The van der Waals surface area contributed by atoms with Gasteiger partial charge >= 0.3 is 13.6 Å². The predicted octanol–water partition coefficient (Wildman–Crippen LogP) is 1.33. The molecule has 150 valence electrons. The van der Waals surface area contributed by atoms with Gasteiger partial charge in [0.05, 0.1) is 6.04 Å². The molecule has 4 atom stereocenters. The third-order valence-electron chi connectivity index (χ3n) is 4.71. The zero-order chi connectivity index (χ0) is 20.2. The molecule has 0 saturated carbocycles. The molecule has 8 nitrogen and oxygen atoms in total. The summed E-state index contributed by atoms with van der Waals surface area (Å²) in [5.74, 6) is -2.93. The summed E-state index contributed by atoms with van der Waals surface area (Å²) in [6, 6.07) is 7.00. The number of hydrogen-bond donors (Lipinski definition) is 5. The minimum Gasteiger partial charge on any atom is -0.480 e. The zero-order valence-corrected chi connectivity index (χ0v) is 16.3. The van der Waals surface area contributed by atoms with Crippen LogP contribution in [0, 0.1) is 11.8 Å². The molecule has 1 aromatic carbocycles. The second-order valence-corrected chi connectivity index (χ2v) is 9.20. The highest BCUT2D eigenvalue weighted by Gasteiger charge is 2.46. The molecule has 1 aliphatic rings. The third-order valence-corrected chi connectivity index (χ3v) is 6.00. The summed E-state index contributed by atoms with van der Waals surface area (Å²) in [5.41, 5.74) is 0.773. The van der Waals surface area contributed by atoms with Crippen molar-refractivity contribution in [1.82, 2.24) is 10.6 Å². The fraction of sp³-hybridized carbons (Fsp3) is 0.556. The summed E-state index contributed by atoms with van der Waals surface area (Å²) in [6.45, 7) is 3.90. The first kappa shape index (κ1) is 21.6. The molecular weight excluding hydrogens is 371 g/mol. The number of aliphatic carboxylic acids is 1. The van der Waals surface area contributed by atoms with Gasteiger partial charge in [-0.1, -0.05) is 44.2 Å². The van der Waals surface area contributed by atoms with Crippen LogP contribution in [-0.2, 0) is 20.6 Å². The summed E-state index contributed by atoms with van der Waals surface area (Å²) in [7, 11) is -4.42. The van der Waals surface area contributed by atoms with Crippen molar-refractivity contribution in [2.75, 3.05) is 0 Å². The number of amides is 1. The van der Waals surface area contributed by atoms with E-state index in [9.17, 15) is 29.0 Å². The second kappa shape index (κ2) is 8.97. The monoisotopic (exact) mass is 398 g/mol. The quantitative estimate of drug-likeness (QED) is 0.417. The molecule has 0 aliphatic carbocycles. The van der Waals surface area contributed by atoms with Crippen LogP contribution in [0.25, 0.3) is 0 Å². The second-order valence-electron chi connectivity index (χ2n) is 7.47. The highest BCUT2D eigenvalue weighted by Crippen LogP contribution is 2.49. The first-order chi connectivity index (χ1) is 12.6. The minimum atomic E-state index is -4.42. The van der Waals surface area contributed by atoms with E-state index in [0.29, 0.717) is 6.42 Å². The van der Waals surface area contributed by atoms with Gasteiger partial charge in [0.2, 0.25) is 5.91 Å². The first-order valence-electron chi connectivity index (χ1n) is 8.96. The normalized spacial score (nSPS) is 24.0. The van der Waals surface area contributed by atoms with Crippen LogP contribution in [0.15, 0.2) is 30.3 Å². The van der Waals surface area contributed by atoms with Crippen LogP contribution in [0.3, 0.4) is 0 Å². The molecule has 1 heterocycles. The molecule has 2 rings (SSSR count). The molecule has 0 radical (unpaired) electrons. The van der Waals surface area contributed by atoms with Crippen molar-refractivity contribution in [3.05, 3.63) is 35.9 Å². The van der Waals surface area contributed by atoms with E-state index in [1.165, 1.54) is 0 Å². The minimum absolute atomic E-state index is 0.131. The lowest BCUT2D eigenvalue weighted by Gasteiger charge is -2.21. The molecule has 1 aromatic rings. The number of hydrogen-bond acceptors (Lipinski definition) is 4. The van der Waals surface area contributed by atoms with Crippen molar-refractivity contribution in [3.63, 3.8) is 0 Å². The van der Waals surface area contributed by atoms with Crippen molar-refractivity contribution >= 4 is 19.5 Å². The van der Waals surface area contributed by atoms with Crippen LogP contribution in [0.4, 0.5) is 0 Å². The Balaban J connectivity index is 2.06. The molecule has 1 fully saturated rings. The molecule has 0 aromatic heterocycles. The Labute approximate surface area is 158 Å². The molecule has 27 heavy (non-hydrogen) atoms. The number of carboxylic acids is 1. The Kier molecular flexibility index (Phi) is 7.17. The molecule has 5 N–H and O–H groups in total. The van der Waals surface area contributed by atoms with Crippen molar-refractivity contribution in [3.8, 4) is 0 Å². The van der Waals surface area contributed by atoms with Gasteiger partial charge in [0.25, 0.3) is 0 Å². The van der Waals surface area contributed by atoms with Gasteiger partial charge < -0.3 is 20.2 Å². The number of benzene rings is 1. The van der Waals surface area contributed by atoms with Gasteiger partial charge in [-0.25, -0.2) is 4.79 Å². The summed E-state index contributed by atoms with van der Waals surface area (Å²) >= 11 is 0. The van der Waals surface area contributed by atoms with E-state index >= 15 is 0 Å². The van der Waals surface area contributed by atoms with Gasteiger partial charge in [-0.2, -0.15) is 0 Å². The van der Waals surface area contributed by atoms with Crippen LogP contribution in [-0.4, -0.2) is 44.6 Å². The maximum atomic E-state index is 12.6. The molecule has 9 heteroatoms. The topological polar surface area (TPSA) is 136 Å². The molecule has 1 aliphatic heterocycles. The number of rotatable bonds is 8. The molecule has 0 bridgehead atoms. The Bertz CT molecular complexity index is 705. The SMILES string of the molecule is CC(C)C[C@@H]1C[C@@H](C(=O)N[C@@H](Cc2ccccc2)C(=O)O)N[C@@H]1P(=O)(O)O. The summed E-state index contributed by atoms with van der Waals surface area (Å²) < 4.78 is 11.8. The van der Waals surface area contributed by atoms with Crippen LogP contribution in [0.2, 0.25) is 0 Å². The number of carbonyl (C=O) groups excluding carboxylic acids is 1. The van der Waals surface area contributed by atoms with Crippen LogP contribution >= 0.6 is 7.60 Å². The summed E-state index contributed by atoms with van der Waals surface area (Å²) in [4.78, 5) is 43.3. The van der Waals surface area contributed by atoms with E-state index in [0.717, 1.165) is 5.56 Å². The van der Waals surface area contributed by atoms with Gasteiger partial charge in [-0.15, -0.1) is 0 Å². The van der Waals surface area contributed by atoms with Crippen LogP contribution in [0.1, 0.15) is 32.3 Å². The maximum absolute atomic E-state index is 12.6. The van der Waals surface area contributed by atoms with Gasteiger partial charge in [0.15, 0.2) is 0 Å². The fourth-order valence-corrected chi connectivity index (χ4v) is 4.72. The van der Waals surface area contributed by atoms with Gasteiger partial charge in [0.1, 0.15) is 11.8 Å². The zero-order valence-electron chi connectivity index (χ0n) is 15.4. The lowest BCUT2D eigenvalue weighted by molar-refractivity contribution is -0.142. The van der Waals surface area contributed by atoms with E-state index < -0.39 is 37.3 Å². The standard InChI is InChI=1S/C18H27N2O6P/c1-11(2)8-13-10-14(20-17(13)27(24,25)26)16(21)19-15(18(22)23)9-12-6-4-3-5-7-12/h3-7,11,13-15,17,20H,8-10H2,1-2H3,(H,19,21)(H,22,23)(H2,24,25,26)/t13-,14+,15+,17-/m1/s1. The number of carboxylic acid groups (broad SMARTS) is 1. The van der Waals surface area contributed by atoms with Gasteiger partial charge in [-0.05, 0) is 30.2 Å². The molecule has 1 saturated heterocycles. The third kappa shape index (κ3) is 6.14. The van der Waals surface area contributed by atoms with Crippen molar-refractivity contribution < 1.29 is 29.0 Å². The van der Waals surface area contributed by atoms with Crippen molar-refractivity contribution in [2.24, 2.45) is 11.8 Å². The van der Waals surface area contributed by atoms with E-state index in [1.807, 2.05) is 19.9 Å². The summed E-state index contributed by atoms with van der Waals surface area (Å²) in [5, 5.41) is 14.6. The number of carbonyl (C=O) groups is 2. The first-order valence-corrected chi connectivity index (χ1v) is 10.6. The fourth-order valence-electron chi connectivity index (χ4n) is 3.55. The highest BCUT2D eigenvalue weighted by atomic mass is 31.2. The van der Waals surface area contributed by atoms with E-state index in [1.54, 1.807) is 24.3 Å². The largest absolute Gasteiger partial charge is 0.480 e. The summed E-state index contributed by atoms with van der Waals surface area (Å²) in [6.07, 6.45) is 0.961. The molecule has 1 amide bonds. The van der Waals surface area contributed by atoms with E-state index in [2.05, 4.69) is 10.6 Å². The van der Waals surface area contributed by atoms with E-state index in [4.69, 9.17) is 0 Å². The smallest absolute Gasteiger partial charge is 0.342 e. The molecule has 0 spiro atoms. The lowest BCUT2D eigenvalue weighted by atomic mass is 9.94. The van der Waals surface area contributed by atoms with Gasteiger partial charge in [-0.3, -0.25) is 14.7 Å². The predicted molar refractivity (Wildman–Crippen MR) is 100 cm³/mol. The molecule has 0 unspecified atom stereocenters. The Morgan fingerprint density at radius 1 is 1.26 bits per heavy atom. The maximum Gasteiger partial charge on any atom is 0.342 e. The Hall–Kier alpha value is -1.73. The average Bonchev–Trinajstić information content (AvgIpc) is 2.98. The molecular formula is C18H27N2O6P.